The van der Waals surface area contributed by atoms with E-state index in [0.29, 0.717) is 6.54 Å². The molecule has 0 saturated carbocycles. The Labute approximate surface area is 85.2 Å². The Bertz CT molecular complexity index is 278. The van der Waals surface area contributed by atoms with E-state index in [4.69, 9.17) is 5.73 Å². The van der Waals surface area contributed by atoms with Crippen LogP contribution in [0.3, 0.4) is 0 Å². The molecular formula is C10H18N4. The first-order chi connectivity index (χ1) is 6.65. The summed E-state index contributed by atoms with van der Waals surface area (Å²) in [4.78, 5) is 10.5. The number of nitrogens with zero attached hydrogens (tertiary/aromatic N) is 3. The first-order valence-corrected chi connectivity index (χ1v) is 4.81. The lowest BCUT2D eigenvalue weighted by Crippen LogP contribution is -2.26. The second kappa shape index (κ2) is 5.02. The number of aryl methyl sites for hydroxylation is 2. The van der Waals surface area contributed by atoms with Gasteiger partial charge in [0.1, 0.15) is 6.33 Å². The van der Waals surface area contributed by atoms with Gasteiger partial charge >= 0.3 is 0 Å². The van der Waals surface area contributed by atoms with E-state index in [1.165, 1.54) is 5.56 Å². The van der Waals surface area contributed by atoms with Crippen LogP contribution in [-0.2, 0) is 6.54 Å². The molecule has 4 heteroatoms. The molecule has 0 saturated heterocycles. The van der Waals surface area contributed by atoms with Gasteiger partial charge in [0.25, 0.3) is 0 Å². The van der Waals surface area contributed by atoms with E-state index in [-0.39, 0.29) is 0 Å². The molecule has 2 N–H and O–H groups in total. The Morgan fingerprint density at radius 1 is 1.29 bits per heavy atom. The third-order valence-corrected chi connectivity index (χ3v) is 2.32. The van der Waals surface area contributed by atoms with Gasteiger partial charge in [0.05, 0.1) is 0 Å². The number of nitrogens with two attached hydrogens (primary N) is 1. The Hall–Kier alpha value is -1.00. The summed E-state index contributed by atoms with van der Waals surface area (Å²) in [6.07, 6.45) is 1.61. The van der Waals surface area contributed by atoms with E-state index in [1.807, 2.05) is 13.8 Å². The summed E-state index contributed by atoms with van der Waals surface area (Å²) in [5.74, 6) is 0. The Balaban J connectivity index is 2.75. The molecule has 1 aromatic heterocycles. The minimum absolute atomic E-state index is 0.683. The molecule has 0 aliphatic carbocycles. The standard InChI is InChI=1S/C10H18N4/c1-8-10(6-14(3)5-4-11)9(2)13-7-12-8/h7H,4-6,11H2,1-3H3. The van der Waals surface area contributed by atoms with Gasteiger partial charge in [-0.05, 0) is 20.9 Å². The molecule has 0 atom stereocenters. The third-order valence-electron chi connectivity index (χ3n) is 2.32. The van der Waals surface area contributed by atoms with Crippen molar-refractivity contribution in [3.8, 4) is 0 Å². The molecule has 0 radical (unpaired) electrons. The molecule has 4 nitrogen and oxygen atoms in total. The number of hydrogen-bond acceptors (Lipinski definition) is 4. The molecule has 1 rings (SSSR count). The van der Waals surface area contributed by atoms with Crippen molar-refractivity contribution in [2.45, 2.75) is 20.4 Å². The highest BCUT2D eigenvalue weighted by atomic mass is 15.1. The molecule has 0 amide bonds. The summed E-state index contributed by atoms with van der Waals surface area (Å²) in [7, 11) is 2.05. The van der Waals surface area contributed by atoms with Crippen molar-refractivity contribution < 1.29 is 0 Å². The molecule has 0 aliphatic heterocycles. The summed E-state index contributed by atoms with van der Waals surface area (Å²) < 4.78 is 0. The monoisotopic (exact) mass is 194 g/mol. The van der Waals surface area contributed by atoms with Crippen LogP contribution in [0.4, 0.5) is 0 Å². The van der Waals surface area contributed by atoms with E-state index in [2.05, 4.69) is 21.9 Å². The molecule has 0 spiro atoms. The lowest BCUT2D eigenvalue weighted by molar-refractivity contribution is 0.333. The first-order valence-electron chi connectivity index (χ1n) is 4.81. The molecule has 1 aromatic rings. The minimum atomic E-state index is 0.683. The molecular weight excluding hydrogens is 176 g/mol. The van der Waals surface area contributed by atoms with Crippen LogP contribution in [-0.4, -0.2) is 35.0 Å². The van der Waals surface area contributed by atoms with Gasteiger partial charge in [0, 0.05) is 36.6 Å². The highest BCUT2D eigenvalue weighted by Gasteiger charge is 2.06. The molecule has 78 valence electrons. The summed E-state index contributed by atoms with van der Waals surface area (Å²) >= 11 is 0. The van der Waals surface area contributed by atoms with Gasteiger partial charge in [-0.3, -0.25) is 0 Å². The molecule has 0 unspecified atom stereocenters. The molecule has 14 heavy (non-hydrogen) atoms. The quantitative estimate of drug-likeness (QED) is 0.757. The normalized spacial score (nSPS) is 10.9. The maximum absolute atomic E-state index is 5.49. The van der Waals surface area contributed by atoms with E-state index in [0.717, 1.165) is 24.5 Å². The summed E-state index contributed by atoms with van der Waals surface area (Å²) in [6, 6.07) is 0. The van der Waals surface area contributed by atoms with Crippen LogP contribution >= 0.6 is 0 Å². The molecule has 1 heterocycles. The summed E-state index contributed by atoms with van der Waals surface area (Å²) in [6.45, 7) is 6.48. The maximum atomic E-state index is 5.49. The average molecular weight is 194 g/mol. The van der Waals surface area contributed by atoms with Crippen LogP contribution in [0.2, 0.25) is 0 Å². The van der Waals surface area contributed by atoms with Gasteiger partial charge in [-0.2, -0.15) is 0 Å². The van der Waals surface area contributed by atoms with Crippen LogP contribution in [0, 0.1) is 13.8 Å². The second-order valence-corrected chi connectivity index (χ2v) is 3.55. The Kier molecular flexibility index (Phi) is 3.98. The van der Waals surface area contributed by atoms with Crippen LogP contribution in [0.15, 0.2) is 6.33 Å². The van der Waals surface area contributed by atoms with Crippen molar-refractivity contribution in [1.29, 1.82) is 0 Å². The lowest BCUT2D eigenvalue weighted by atomic mass is 10.1. The van der Waals surface area contributed by atoms with E-state index in [9.17, 15) is 0 Å². The zero-order valence-corrected chi connectivity index (χ0v) is 9.12. The lowest BCUT2D eigenvalue weighted by Gasteiger charge is -2.17. The van der Waals surface area contributed by atoms with Gasteiger partial charge < -0.3 is 10.6 Å². The number of likely N-dealkylation sites (N-methyl/N-ethyl adjacent to an activating group) is 1. The molecule has 0 fully saturated rings. The van der Waals surface area contributed by atoms with Crippen LogP contribution in [0.5, 0.6) is 0 Å². The Morgan fingerprint density at radius 2 is 1.86 bits per heavy atom. The van der Waals surface area contributed by atoms with Crippen molar-refractivity contribution in [2.24, 2.45) is 5.73 Å². The highest BCUT2D eigenvalue weighted by molar-refractivity contribution is 5.22. The molecule has 0 aliphatic rings. The maximum Gasteiger partial charge on any atom is 0.115 e. The average Bonchev–Trinajstić information content (AvgIpc) is 2.12. The van der Waals surface area contributed by atoms with Crippen molar-refractivity contribution in [2.75, 3.05) is 20.1 Å². The van der Waals surface area contributed by atoms with Crippen LogP contribution < -0.4 is 5.73 Å². The Morgan fingerprint density at radius 3 is 2.36 bits per heavy atom. The molecule has 0 aromatic carbocycles. The number of hydrogen-bond donors (Lipinski definition) is 1. The smallest absolute Gasteiger partial charge is 0.115 e. The van der Waals surface area contributed by atoms with Crippen molar-refractivity contribution in [3.63, 3.8) is 0 Å². The van der Waals surface area contributed by atoms with Crippen molar-refractivity contribution in [3.05, 3.63) is 23.3 Å². The van der Waals surface area contributed by atoms with Crippen molar-refractivity contribution in [1.82, 2.24) is 14.9 Å². The number of rotatable bonds is 4. The zero-order valence-electron chi connectivity index (χ0n) is 9.12. The minimum Gasteiger partial charge on any atom is -0.329 e. The van der Waals surface area contributed by atoms with E-state index >= 15 is 0 Å². The second-order valence-electron chi connectivity index (χ2n) is 3.55. The first kappa shape index (κ1) is 11.1. The fraction of sp³-hybridized carbons (Fsp3) is 0.600. The molecule has 0 bridgehead atoms. The van der Waals surface area contributed by atoms with Gasteiger partial charge in [-0.25, -0.2) is 9.97 Å². The van der Waals surface area contributed by atoms with Gasteiger partial charge in [-0.1, -0.05) is 0 Å². The summed E-state index contributed by atoms with van der Waals surface area (Å²) in [5, 5.41) is 0. The third kappa shape index (κ3) is 2.75. The van der Waals surface area contributed by atoms with E-state index in [1.54, 1.807) is 6.33 Å². The van der Waals surface area contributed by atoms with Gasteiger partial charge in [0.15, 0.2) is 0 Å². The zero-order chi connectivity index (χ0) is 10.6. The van der Waals surface area contributed by atoms with Crippen LogP contribution in [0.1, 0.15) is 17.0 Å². The van der Waals surface area contributed by atoms with Crippen molar-refractivity contribution >= 4 is 0 Å². The van der Waals surface area contributed by atoms with Crippen LogP contribution in [0.25, 0.3) is 0 Å². The predicted molar refractivity (Wildman–Crippen MR) is 56.9 cm³/mol. The van der Waals surface area contributed by atoms with E-state index < -0.39 is 0 Å². The number of aromatic nitrogens is 2. The topological polar surface area (TPSA) is 55.0 Å². The highest BCUT2D eigenvalue weighted by Crippen LogP contribution is 2.09. The summed E-state index contributed by atoms with van der Waals surface area (Å²) in [5.41, 5.74) is 8.81. The van der Waals surface area contributed by atoms with Gasteiger partial charge in [-0.15, -0.1) is 0 Å². The fourth-order valence-electron chi connectivity index (χ4n) is 1.42. The predicted octanol–water partition coefficient (Wildman–Crippen LogP) is 0.484. The fourth-order valence-corrected chi connectivity index (χ4v) is 1.42. The van der Waals surface area contributed by atoms with Gasteiger partial charge in [0.2, 0.25) is 0 Å². The SMILES string of the molecule is Cc1ncnc(C)c1CN(C)CCN. The largest absolute Gasteiger partial charge is 0.329 e.